The third kappa shape index (κ3) is 4.75. The lowest BCUT2D eigenvalue weighted by atomic mass is 10.2. The number of hydrogen-bond donors (Lipinski definition) is 0. The Balaban J connectivity index is 1.75. The zero-order valence-electron chi connectivity index (χ0n) is 16.2. The van der Waals surface area contributed by atoms with Crippen molar-refractivity contribution in [2.45, 2.75) is 33.3 Å². The fraction of sp³-hybridized carbons (Fsp3) is 0.273. The van der Waals surface area contributed by atoms with Crippen molar-refractivity contribution in [2.24, 2.45) is 0 Å². The average Bonchev–Trinajstić information content (AvgIpc) is 2.97. The minimum absolute atomic E-state index is 0.112. The Kier molecular flexibility index (Phi) is 6.75. The van der Waals surface area contributed by atoms with Crippen LogP contribution in [0.4, 0.5) is 5.69 Å². The zero-order chi connectivity index (χ0) is 20.1. The zero-order valence-corrected chi connectivity index (χ0v) is 17.8. The van der Waals surface area contributed by atoms with Gasteiger partial charge in [0.2, 0.25) is 0 Å². The van der Waals surface area contributed by atoms with E-state index in [0.717, 1.165) is 29.2 Å². The van der Waals surface area contributed by atoms with Gasteiger partial charge in [-0.1, -0.05) is 43.0 Å². The van der Waals surface area contributed by atoms with Gasteiger partial charge in [0, 0.05) is 0 Å². The van der Waals surface area contributed by atoms with Gasteiger partial charge in [-0.05, 0) is 68.3 Å². The first-order valence-corrected chi connectivity index (χ1v) is 10.5. The fourth-order valence-corrected chi connectivity index (χ4v) is 3.96. The number of carbonyl (C=O) groups is 1. The molecular formula is C22H23NO3S2. The molecule has 1 aliphatic rings. The molecule has 0 saturated carbocycles. The Labute approximate surface area is 175 Å². The lowest BCUT2D eigenvalue weighted by Crippen LogP contribution is -2.27. The standard InChI is InChI=1S/C22H23NO3S2/c1-4-15(3)26-19-10-6-16(7-11-19)14-20-21(24)23(22(27)28-20)17-8-12-18(13-9-17)25-5-2/h6-15H,4-5H2,1-3H3/b20-14-/t15-/m0/s1. The molecule has 0 bridgehead atoms. The predicted octanol–water partition coefficient (Wildman–Crippen LogP) is 5.67. The first-order valence-electron chi connectivity index (χ1n) is 9.29. The molecule has 0 unspecified atom stereocenters. The molecule has 0 aliphatic carbocycles. The lowest BCUT2D eigenvalue weighted by molar-refractivity contribution is -0.113. The van der Waals surface area contributed by atoms with E-state index in [2.05, 4.69) is 6.92 Å². The minimum atomic E-state index is -0.112. The van der Waals surface area contributed by atoms with Crippen LogP contribution in [0, 0.1) is 0 Å². The van der Waals surface area contributed by atoms with E-state index in [1.54, 1.807) is 4.90 Å². The van der Waals surface area contributed by atoms with E-state index >= 15 is 0 Å². The molecule has 1 fully saturated rings. The van der Waals surface area contributed by atoms with Gasteiger partial charge < -0.3 is 9.47 Å². The number of nitrogens with zero attached hydrogens (tertiary/aromatic N) is 1. The summed E-state index contributed by atoms with van der Waals surface area (Å²) in [6.07, 6.45) is 2.99. The van der Waals surface area contributed by atoms with Gasteiger partial charge in [0.05, 0.1) is 23.3 Å². The van der Waals surface area contributed by atoms with Crippen molar-refractivity contribution in [1.29, 1.82) is 0 Å². The van der Waals surface area contributed by atoms with E-state index in [0.29, 0.717) is 15.8 Å². The molecule has 146 valence electrons. The van der Waals surface area contributed by atoms with Crippen LogP contribution in [0.5, 0.6) is 11.5 Å². The van der Waals surface area contributed by atoms with Crippen LogP contribution < -0.4 is 14.4 Å². The Morgan fingerprint density at radius 1 is 1.07 bits per heavy atom. The number of rotatable bonds is 7. The molecular weight excluding hydrogens is 390 g/mol. The van der Waals surface area contributed by atoms with Crippen LogP contribution in [-0.4, -0.2) is 22.9 Å². The molecule has 1 saturated heterocycles. The van der Waals surface area contributed by atoms with Crippen molar-refractivity contribution in [3.8, 4) is 11.5 Å². The molecule has 2 aromatic carbocycles. The highest BCUT2D eigenvalue weighted by atomic mass is 32.2. The fourth-order valence-electron chi connectivity index (χ4n) is 2.66. The first kappa shape index (κ1) is 20.4. The van der Waals surface area contributed by atoms with Crippen LogP contribution in [0.3, 0.4) is 0 Å². The minimum Gasteiger partial charge on any atom is -0.494 e. The maximum Gasteiger partial charge on any atom is 0.270 e. The molecule has 28 heavy (non-hydrogen) atoms. The summed E-state index contributed by atoms with van der Waals surface area (Å²) in [5.74, 6) is 1.49. The average molecular weight is 414 g/mol. The molecule has 0 aromatic heterocycles. The molecule has 3 rings (SSSR count). The normalized spacial score (nSPS) is 16.5. The molecule has 0 N–H and O–H groups in total. The summed E-state index contributed by atoms with van der Waals surface area (Å²) in [7, 11) is 0. The smallest absolute Gasteiger partial charge is 0.270 e. The van der Waals surface area contributed by atoms with Gasteiger partial charge in [-0.25, -0.2) is 0 Å². The van der Waals surface area contributed by atoms with E-state index in [1.165, 1.54) is 11.8 Å². The molecule has 4 nitrogen and oxygen atoms in total. The van der Waals surface area contributed by atoms with Gasteiger partial charge in [0.1, 0.15) is 11.5 Å². The van der Waals surface area contributed by atoms with Crippen molar-refractivity contribution >= 4 is 46.0 Å². The van der Waals surface area contributed by atoms with E-state index < -0.39 is 0 Å². The number of anilines is 1. The van der Waals surface area contributed by atoms with Crippen molar-refractivity contribution in [3.05, 3.63) is 59.0 Å². The van der Waals surface area contributed by atoms with Gasteiger partial charge in [-0.15, -0.1) is 0 Å². The second-order valence-corrected chi connectivity index (χ2v) is 8.03. The number of benzene rings is 2. The monoisotopic (exact) mass is 413 g/mol. The number of carbonyl (C=O) groups excluding carboxylic acids is 1. The molecule has 1 atom stereocenters. The second-order valence-electron chi connectivity index (χ2n) is 6.35. The molecule has 2 aromatic rings. The van der Waals surface area contributed by atoms with Crippen molar-refractivity contribution < 1.29 is 14.3 Å². The van der Waals surface area contributed by atoms with Crippen LogP contribution in [0.1, 0.15) is 32.8 Å². The van der Waals surface area contributed by atoms with Crippen LogP contribution in [-0.2, 0) is 4.79 Å². The summed E-state index contributed by atoms with van der Waals surface area (Å²) in [4.78, 5) is 15.0. The van der Waals surface area contributed by atoms with E-state index in [9.17, 15) is 4.79 Å². The molecule has 1 amide bonds. The number of thiocarbonyl (C=S) groups is 1. The topological polar surface area (TPSA) is 38.8 Å². The van der Waals surface area contributed by atoms with Crippen molar-refractivity contribution in [1.82, 2.24) is 0 Å². The molecule has 1 aliphatic heterocycles. The molecule has 1 heterocycles. The van der Waals surface area contributed by atoms with Crippen LogP contribution in [0.2, 0.25) is 0 Å². The Hall–Kier alpha value is -2.31. The third-order valence-electron chi connectivity index (χ3n) is 4.29. The van der Waals surface area contributed by atoms with Gasteiger partial charge in [-0.2, -0.15) is 0 Å². The van der Waals surface area contributed by atoms with Crippen LogP contribution >= 0.6 is 24.0 Å². The highest BCUT2D eigenvalue weighted by molar-refractivity contribution is 8.27. The first-order chi connectivity index (χ1) is 13.5. The highest BCUT2D eigenvalue weighted by Gasteiger charge is 2.33. The Morgan fingerprint density at radius 2 is 1.71 bits per heavy atom. The van der Waals surface area contributed by atoms with Gasteiger partial charge in [-0.3, -0.25) is 9.69 Å². The van der Waals surface area contributed by atoms with Crippen LogP contribution in [0.15, 0.2) is 53.4 Å². The number of ether oxygens (including phenoxy) is 2. The SMILES string of the molecule is CCOc1ccc(N2C(=O)/C(=C/c3ccc(O[C@@H](C)CC)cc3)SC2=S)cc1. The summed E-state index contributed by atoms with van der Waals surface area (Å²) >= 11 is 6.75. The van der Waals surface area contributed by atoms with E-state index in [1.807, 2.05) is 68.5 Å². The van der Waals surface area contributed by atoms with E-state index in [4.69, 9.17) is 21.7 Å². The molecule has 6 heteroatoms. The van der Waals surface area contributed by atoms with Crippen molar-refractivity contribution in [2.75, 3.05) is 11.5 Å². The van der Waals surface area contributed by atoms with Gasteiger partial charge in [0.25, 0.3) is 5.91 Å². The largest absolute Gasteiger partial charge is 0.494 e. The summed E-state index contributed by atoms with van der Waals surface area (Å²) in [6, 6.07) is 15.1. The third-order valence-corrected chi connectivity index (χ3v) is 5.59. The second kappa shape index (κ2) is 9.26. The van der Waals surface area contributed by atoms with Crippen LogP contribution in [0.25, 0.3) is 6.08 Å². The number of amides is 1. The Morgan fingerprint density at radius 3 is 2.32 bits per heavy atom. The molecule has 0 spiro atoms. The highest BCUT2D eigenvalue weighted by Crippen LogP contribution is 2.36. The van der Waals surface area contributed by atoms with Crippen molar-refractivity contribution in [3.63, 3.8) is 0 Å². The maximum atomic E-state index is 12.9. The summed E-state index contributed by atoms with van der Waals surface area (Å²) < 4.78 is 11.8. The quantitative estimate of drug-likeness (QED) is 0.432. The van der Waals surface area contributed by atoms with Gasteiger partial charge >= 0.3 is 0 Å². The number of thioether (sulfide) groups is 1. The number of hydrogen-bond acceptors (Lipinski definition) is 5. The lowest BCUT2D eigenvalue weighted by Gasteiger charge is -2.15. The van der Waals surface area contributed by atoms with E-state index in [-0.39, 0.29) is 12.0 Å². The Bertz CT molecular complexity index is 876. The summed E-state index contributed by atoms with van der Waals surface area (Å²) in [5.41, 5.74) is 1.68. The summed E-state index contributed by atoms with van der Waals surface area (Å²) in [6.45, 7) is 6.67. The maximum absolute atomic E-state index is 12.9. The van der Waals surface area contributed by atoms with Gasteiger partial charge in [0.15, 0.2) is 4.32 Å². The molecule has 0 radical (unpaired) electrons. The summed E-state index contributed by atoms with van der Waals surface area (Å²) in [5, 5.41) is 0. The predicted molar refractivity (Wildman–Crippen MR) is 120 cm³/mol.